The summed E-state index contributed by atoms with van der Waals surface area (Å²) >= 11 is 0. The van der Waals surface area contributed by atoms with E-state index >= 15 is 0 Å². The third kappa shape index (κ3) is 2.33. The Morgan fingerprint density at radius 3 is 2.78 bits per heavy atom. The maximum atomic E-state index is 12.6. The summed E-state index contributed by atoms with van der Waals surface area (Å²) in [6.45, 7) is 2.67. The van der Waals surface area contributed by atoms with Gasteiger partial charge in [0, 0.05) is 31.2 Å². The molecule has 1 aromatic carbocycles. The van der Waals surface area contributed by atoms with Crippen molar-refractivity contribution in [3.63, 3.8) is 0 Å². The monoisotopic (exact) mass is 337 g/mol. The highest BCUT2D eigenvalue weighted by Gasteiger charge is 2.41. The summed E-state index contributed by atoms with van der Waals surface area (Å²) in [6.07, 6.45) is 1.74. The zero-order valence-corrected chi connectivity index (χ0v) is 13.7. The van der Waals surface area contributed by atoms with E-state index in [1.165, 1.54) is 18.2 Å². The molecule has 1 aromatic rings. The van der Waals surface area contributed by atoms with Crippen LogP contribution in [0.25, 0.3) is 0 Å². The third-order valence-corrected chi connectivity index (χ3v) is 6.35. The molecule has 8 heteroatoms. The van der Waals surface area contributed by atoms with E-state index in [9.17, 15) is 18.0 Å². The van der Waals surface area contributed by atoms with Crippen molar-refractivity contribution >= 4 is 21.8 Å². The van der Waals surface area contributed by atoms with Crippen molar-refractivity contribution in [3.05, 3.63) is 29.3 Å². The van der Waals surface area contributed by atoms with Gasteiger partial charge in [-0.3, -0.25) is 9.59 Å². The number of carbonyl (C=O) groups excluding carboxylic acids is 2. The van der Waals surface area contributed by atoms with Crippen LogP contribution >= 0.6 is 0 Å². The number of nitrogens with zero attached hydrogens (tertiary/aromatic N) is 2. The van der Waals surface area contributed by atoms with Crippen LogP contribution in [0, 0.1) is 0 Å². The second-order valence-electron chi connectivity index (χ2n) is 5.72. The predicted octanol–water partition coefficient (Wildman–Crippen LogP) is 0.414. The lowest BCUT2D eigenvalue weighted by Gasteiger charge is -2.23. The summed E-state index contributed by atoms with van der Waals surface area (Å²) in [4.78, 5) is 26.3. The Morgan fingerprint density at radius 2 is 2.13 bits per heavy atom. The molecule has 2 N–H and O–H groups in total. The number of amides is 2. The number of sulfonamides is 1. The molecule has 2 heterocycles. The molecule has 1 saturated heterocycles. The first-order valence-corrected chi connectivity index (χ1v) is 9.08. The average molecular weight is 337 g/mol. The van der Waals surface area contributed by atoms with E-state index in [1.54, 1.807) is 11.8 Å². The van der Waals surface area contributed by atoms with Crippen LogP contribution in [0.2, 0.25) is 0 Å². The minimum atomic E-state index is -3.86. The summed E-state index contributed by atoms with van der Waals surface area (Å²) < 4.78 is 25.6. The van der Waals surface area contributed by atoms with Crippen molar-refractivity contribution in [2.24, 2.45) is 5.73 Å². The first kappa shape index (κ1) is 15.9. The van der Waals surface area contributed by atoms with Gasteiger partial charge < -0.3 is 10.6 Å². The average Bonchev–Trinajstić information content (AvgIpc) is 3.08. The Hall–Kier alpha value is -1.93. The number of rotatable bonds is 3. The summed E-state index contributed by atoms with van der Waals surface area (Å²) in [5.41, 5.74) is 6.09. The lowest BCUT2D eigenvalue weighted by Crippen LogP contribution is -2.39. The molecular weight excluding hydrogens is 318 g/mol. The van der Waals surface area contributed by atoms with Gasteiger partial charge in [-0.25, -0.2) is 12.7 Å². The van der Waals surface area contributed by atoms with Crippen LogP contribution in [0.5, 0.6) is 0 Å². The highest BCUT2D eigenvalue weighted by atomic mass is 32.2. The summed E-state index contributed by atoms with van der Waals surface area (Å²) in [6, 6.07) is 4.23. The molecule has 7 nitrogen and oxygen atoms in total. The zero-order chi connectivity index (χ0) is 16.8. The SMILES string of the molecule is CCN1C(=O)c2ccc(C(=O)N3CCC[C@@H]3CN)cc2S1(=O)=O. The number of fused-ring (bicyclic) bond motifs is 1. The Kier molecular flexibility index (Phi) is 3.89. The third-order valence-electron chi connectivity index (χ3n) is 4.45. The van der Waals surface area contributed by atoms with Crippen molar-refractivity contribution in [1.29, 1.82) is 0 Å². The minimum absolute atomic E-state index is 0.0128. The van der Waals surface area contributed by atoms with Crippen LogP contribution in [0.3, 0.4) is 0 Å². The first-order valence-electron chi connectivity index (χ1n) is 7.64. The lowest BCUT2D eigenvalue weighted by atomic mass is 10.1. The standard InChI is InChI=1S/C15H19N3O4S/c1-2-18-15(20)12-6-5-10(8-13(12)23(18,21)22)14(19)17-7-3-4-11(17)9-16/h5-6,8,11H,2-4,7,9,16H2,1H3/t11-/m1/s1. The Bertz CT molecular complexity index is 775. The van der Waals surface area contributed by atoms with Crippen LogP contribution in [-0.2, 0) is 10.0 Å². The van der Waals surface area contributed by atoms with Gasteiger partial charge in [-0.1, -0.05) is 0 Å². The van der Waals surface area contributed by atoms with Crippen molar-refractivity contribution in [2.75, 3.05) is 19.6 Å². The molecule has 3 rings (SSSR count). The molecule has 2 aliphatic rings. The van der Waals surface area contributed by atoms with E-state index in [1.807, 2.05) is 0 Å². The predicted molar refractivity (Wildman–Crippen MR) is 83.5 cm³/mol. The molecule has 1 fully saturated rings. The van der Waals surface area contributed by atoms with Gasteiger partial charge in [0.15, 0.2) is 0 Å². The first-order chi connectivity index (χ1) is 10.9. The molecule has 124 valence electrons. The fourth-order valence-electron chi connectivity index (χ4n) is 3.24. The summed E-state index contributed by atoms with van der Waals surface area (Å²) in [5, 5.41) is 0. The van der Waals surface area contributed by atoms with E-state index in [2.05, 4.69) is 0 Å². The lowest BCUT2D eigenvalue weighted by molar-refractivity contribution is 0.0740. The van der Waals surface area contributed by atoms with Crippen molar-refractivity contribution < 1.29 is 18.0 Å². The number of likely N-dealkylation sites (tertiary alicyclic amines) is 1. The van der Waals surface area contributed by atoms with Gasteiger partial charge in [0.25, 0.3) is 21.8 Å². The van der Waals surface area contributed by atoms with Crippen molar-refractivity contribution in [2.45, 2.75) is 30.7 Å². The number of benzene rings is 1. The minimum Gasteiger partial charge on any atom is -0.334 e. The number of hydrogen-bond acceptors (Lipinski definition) is 5. The summed E-state index contributed by atoms with van der Waals surface area (Å²) in [5.74, 6) is -0.777. The maximum Gasteiger partial charge on any atom is 0.268 e. The van der Waals surface area contributed by atoms with Crippen LogP contribution in [-0.4, -0.2) is 55.1 Å². The van der Waals surface area contributed by atoms with Crippen LogP contribution in [0.1, 0.15) is 40.5 Å². The van der Waals surface area contributed by atoms with E-state index in [0.29, 0.717) is 13.1 Å². The van der Waals surface area contributed by atoms with E-state index in [4.69, 9.17) is 5.73 Å². The Balaban J connectivity index is 2.00. The molecule has 2 aliphatic heterocycles. The second kappa shape index (κ2) is 5.61. The Labute approximate surface area is 135 Å². The van der Waals surface area contributed by atoms with Gasteiger partial charge >= 0.3 is 0 Å². The van der Waals surface area contributed by atoms with Gasteiger partial charge in [0.2, 0.25) is 0 Å². The molecule has 0 unspecified atom stereocenters. The van der Waals surface area contributed by atoms with Crippen LogP contribution in [0.15, 0.2) is 23.1 Å². The number of nitrogens with two attached hydrogens (primary N) is 1. The molecule has 0 bridgehead atoms. The number of carbonyl (C=O) groups is 2. The van der Waals surface area contributed by atoms with E-state index < -0.39 is 15.9 Å². The van der Waals surface area contributed by atoms with Gasteiger partial charge in [-0.15, -0.1) is 0 Å². The molecule has 1 atom stereocenters. The van der Waals surface area contributed by atoms with E-state index in [-0.39, 0.29) is 34.5 Å². The van der Waals surface area contributed by atoms with Gasteiger partial charge in [0.05, 0.1) is 5.56 Å². The molecular formula is C15H19N3O4S. The highest BCUT2D eigenvalue weighted by molar-refractivity contribution is 7.90. The van der Waals surface area contributed by atoms with E-state index in [0.717, 1.165) is 17.1 Å². The molecule has 0 aliphatic carbocycles. The highest BCUT2D eigenvalue weighted by Crippen LogP contribution is 2.31. The van der Waals surface area contributed by atoms with Crippen LogP contribution < -0.4 is 5.73 Å². The summed E-state index contributed by atoms with van der Waals surface area (Å²) in [7, 11) is -3.86. The number of hydrogen-bond donors (Lipinski definition) is 1. The Morgan fingerprint density at radius 1 is 1.39 bits per heavy atom. The topological polar surface area (TPSA) is 101 Å². The van der Waals surface area contributed by atoms with Gasteiger partial charge in [-0.05, 0) is 38.0 Å². The fraction of sp³-hybridized carbons (Fsp3) is 0.467. The van der Waals surface area contributed by atoms with Gasteiger partial charge in [0.1, 0.15) is 4.90 Å². The van der Waals surface area contributed by atoms with Gasteiger partial charge in [-0.2, -0.15) is 0 Å². The molecule has 2 amide bonds. The molecule has 0 spiro atoms. The fourth-order valence-corrected chi connectivity index (χ4v) is 4.84. The second-order valence-corrected chi connectivity index (χ2v) is 7.55. The quantitative estimate of drug-likeness (QED) is 0.861. The van der Waals surface area contributed by atoms with Crippen molar-refractivity contribution in [3.8, 4) is 0 Å². The van der Waals surface area contributed by atoms with Crippen LogP contribution in [0.4, 0.5) is 0 Å². The normalized spacial score (nSPS) is 22.5. The maximum absolute atomic E-state index is 12.6. The largest absolute Gasteiger partial charge is 0.334 e. The molecule has 23 heavy (non-hydrogen) atoms. The smallest absolute Gasteiger partial charge is 0.268 e. The molecule has 0 saturated carbocycles. The zero-order valence-electron chi connectivity index (χ0n) is 12.9. The van der Waals surface area contributed by atoms with Crippen molar-refractivity contribution in [1.82, 2.24) is 9.21 Å². The molecule has 0 aromatic heterocycles. The molecule has 0 radical (unpaired) electrons.